The molecule has 21 heavy (non-hydrogen) atoms. The number of piperazine rings is 1. The summed E-state index contributed by atoms with van der Waals surface area (Å²) in [5.74, 6) is 0.789. The Morgan fingerprint density at radius 1 is 1.24 bits per heavy atom. The lowest BCUT2D eigenvalue weighted by Gasteiger charge is -2.36. The summed E-state index contributed by atoms with van der Waals surface area (Å²) in [6, 6.07) is 7.71. The minimum atomic E-state index is -3.41. The second-order valence-corrected chi connectivity index (χ2v) is 7.45. The van der Waals surface area contributed by atoms with Crippen LogP contribution in [0.15, 0.2) is 24.3 Å². The van der Waals surface area contributed by atoms with Crippen molar-refractivity contribution in [3.05, 3.63) is 24.3 Å². The number of nitrogens with zero attached hydrogens (tertiary/aromatic N) is 2. The number of hydrogen-bond donors (Lipinski definition) is 1. The maximum Gasteiger partial charge on any atom is 0.219 e. The topological polar surface area (TPSA) is 70.1 Å². The quantitative estimate of drug-likeness (QED) is 0.858. The van der Waals surface area contributed by atoms with E-state index in [0.717, 1.165) is 11.4 Å². The minimum Gasteiger partial charge on any atom is -0.495 e. The van der Waals surface area contributed by atoms with Crippen molar-refractivity contribution in [3.63, 3.8) is 0 Å². The average Bonchev–Trinajstić information content (AvgIpc) is 2.54. The van der Waals surface area contributed by atoms with E-state index in [4.69, 9.17) is 9.84 Å². The molecule has 0 bridgehead atoms. The predicted octanol–water partition coefficient (Wildman–Crippen LogP) is 0.528. The number of rotatable bonds is 5. The van der Waals surface area contributed by atoms with Crippen LogP contribution in [-0.4, -0.2) is 63.0 Å². The third kappa shape index (κ3) is 3.30. The molecule has 0 radical (unpaired) electrons. The van der Waals surface area contributed by atoms with E-state index in [1.165, 1.54) is 11.2 Å². The van der Waals surface area contributed by atoms with E-state index >= 15 is 0 Å². The van der Waals surface area contributed by atoms with E-state index in [2.05, 4.69) is 4.90 Å². The maximum absolute atomic E-state index is 12.2. The van der Waals surface area contributed by atoms with Crippen molar-refractivity contribution in [2.75, 3.05) is 44.8 Å². The molecule has 7 heteroatoms. The van der Waals surface area contributed by atoms with E-state index in [9.17, 15) is 8.42 Å². The summed E-state index contributed by atoms with van der Waals surface area (Å²) in [5.41, 5.74) is 0.979. The van der Waals surface area contributed by atoms with Gasteiger partial charge in [0.05, 0.1) is 24.7 Å². The number of aliphatic hydroxyl groups excluding tert-OH is 1. The molecule has 6 nitrogen and oxygen atoms in total. The Morgan fingerprint density at radius 3 is 2.43 bits per heavy atom. The van der Waals surface area contributed by atoms with Gasteiger partial charge in [0.1, 0.15) is 5.75 Å². The molecule has 1 aliphatic heterocycles. The summed E-state index contributed by atoms with van der Waals surface area (Å²) in [7, 11) is -1.78. The van der Waals surface area contributed by atoms with Crippen LogP contribution in [0.3, 0.4) is 0 Å². The van der Waals surface area contributed by atoms with Crippen LogP contribution in [-0.2, 0) is 10.0 Å². The van der Waals surface area contributed by atoms with Gasteiger partial charge < -0.3 is 14.7 Å². The average molecular weight is 314 g/mol. The van der Waals surface area contributed by atoms with Crippen molar-refractivity contribution in [2.45, 2.75) is 12.2 Å². The molecule has 2 rings (SSSR count). The normalized spacial score (nSPS) is 18.5. The Balaban J connectivity index is 2.07. The molecule has 1 heterocycles. The van der Waals surface area contributed by atoms with E-state index in [1.54, 1.807) is 7.11 Å². The SMILES string of the molecule is COc1ccccc1N1CCN(S(=O)(=O)C(C)CO)CC1. The molecule has 1 N–H and O–H groups in total. The van der Waals surface area contributed by atoms with Gasteiger partial charge in [-0.05, 0) is 19.1 Å². The van der Waals surface area contributed by atoms with Gasteiger partial charge in [-0.1, -0.05) is 12.1 Å². The molecule has 0 amide bonds. The van der Waals surface area contributed by atoms with Crippen LogP contribution in [0.25, 0.3) is 0 Å². The van der Waals surface area contributed by atoms with Gasteiger partial charge in [0.2, 0.25) is 10.0 Å². The van der Waals surface area contributed by atoms with Crippen molar-refractivity contribution >= 4 is 15.7 Å². The first-order valence-electron chi connectivity index (χ1n) is 6.98. The van der Waals surface area contributed by atoms with Gasteiger partial charge >= 0.3 is 0 Å². The van der Waals surface area contributed by atoms with Gasteiger partial charge in [0, 0.05) is 26.2 Å². The van der Waals surface area contributed by atoms with E-state index < -0.39 is 15.3 Å². The largest absolute Gasteiger partial charge is 0.495 e. The van der Waals surface area contributed by atoms with Crippen LogP contribution in [0.4, 0.5) is 5.69 Å². The molecular weight excluding hydrogens is 292 g/mol. The monoisotopic (exact) mass is 314 g/mol. The zero-order valence-electron chi connectivity index (χ0n) is 12.4. The van der Waals surface area contributed by atoms with Crippen LogP contribution < -0.4 is 9.64 Å². The number of anilines is 1. The predicted molar refractivity (Wildman–Crippen MR) is 82.2 cm³/mol. The van der Waals surface area contributed by atoms with Crippen molar-refractivity contribution in [3.8, 4) is 5.75 Å². The Bertz CT molecular complexity index is 568. The number of benzene rings is 1. The summed E-state index contributed by atoms with van der Waals surface area (Å²) in [4.78, 5) is 2.12. The first-order chi connectivity index (χ1) is 10.0. The van der Waals surface area contributed by atoms with Gasteiger partial charge in [-0.15, -0.1) is 0 Å². The second-order valence-electron chi connectivity index (χ2n) is 5.10. The molecule has 0 spiro atoms. The minimum absolute atomic E-state index is 0.352. The van der Waals surface area contributed by atoms with Crippen LogP contribution in [0, 0.1) is 0 Å². The molecule has 118 valence electrons. The number of ether oxygens (including phenoxy) is 1. The third-order valence-electron chi connectivity index (χ3n) is 3.79. The maximum atomic E-state index is 12.2. The van der Waals surface area contributed by atoms with Crippen molar-refractivity contribution in [2.24, 2.45) is 0 Å². The molecule has 1 saturated heterocycles. The van der Waals surface area contributed by atoms with Gasteiger partial charge in [-0.25, -0.2) is 8.42 Å². The Hall–Kier alpha value is -1.31. The molecule has 1 atom stereocenters. The summed E-state index contributed by atoms with van der Waals surface area (Å²) in [6.45, 7) is 3.24. The first-order valence-corrected chi connectivity index (χ1v) is 8.48. The number of methoxy groups -OCH3 is 1. The number of hydrogen-bond acceptors (Lipinski definition) is 5. The summed E-state index contributed by atoms with van der Waals surface area (Å²) < 4.78 is 31.2. The lowest BCUT2D eigenvalue weighted by atomic mass is 10.2. The third-order valence-corrected chi connectivity index (χ3v) is 6.04. The summed E-state index contributed by atoms with van der Waals surface area (Å²) >= 11 is 0. The standard InChI is InChI=1S/C14H22N2O4S/c1-12(11-17)21(18,19)16-9-7-15(8-10-16)13-5-3-4-6-14(13)20-2/h3-6,12,17H,7-11H2,1-2H3. The van der Waals surface area contributed by atoms with E-state index in [-0.39, 0.29) is 6.61 Å². The highest BCUT2D eigenvalue weighted by Gasteiger charge is 2.31. The molecule has 1 unspecified atom stereocenters. The van der Waals surface area contributed by atoms with Gasteiger partial charge in [0.25, 0.3) is 0 Å². The fraction of sp³-hybridized carbons (Fsp3) is 0.571. The molecule has 0 aliphatic carbocycles. The zero-order chi connectivity index (χ0) is 15.5. The zero-order valence-corrected chi connectivity index (χ0v) is 13.2. The Morgan fingerprint density at radius 2 is 1.86 bits per heavy atom. The van der Waals surface area contributed by atoms with Gasteiger partial charge in [-0.2, -0.15) is 4.31 Å². The van der Waals surface area contributed by atoms with Crippen molar-refractivity contribution in [1.82, 2.24) is 4.31 Å². The highest BCUT2D eigenvalue weighted by atomic mass is 32.2. The Kier molecular flexibility index (Phi) is 5.08. The number of para-hydroxylation sites is 2. The van der Waals surface area contributed by atoms with Crippen molar-refractivity contribution < 1.29 is 18.3 Å². The van der Waals surface area contributed by atoms with Crippen LogP contribution in [0.2, 0.25) is 0 Å². The molecule has 0 saturated carbocycles. The molecule has 0 aromatic heterocycles. The van der Waals surface area contributed by atoms with Gasteiger partial charge in [-0.3, -0.25) is 0 Å². The van der Waals surface area contributed by atoms with E-state index in [0.29, 0.717) is 26.2 Å². The van der Waals surface area contributed by atoms with Gasteiger partial charge in [0.15, 0.2) is 0 Å². The van der Waals surface area contributed by atoms with Crippen molar-refractivity contribution in [1.29, 1.82) is 0 Å². The Labute approximate surface area is 126 Å². The highest BCUT2D eigenvalue weighted by molar-refractivity contribution is 7.89. The molecule has 1 aliphatic rings. The van der Waals surface area contributed by atoms with Crippen LogP contribution >= 0.6 is 0 Å². The lowest BCUT2D eigenvalue weighted by molar-refractivity contribution is 0.287. The smallest absolute Gasteiger partial charge is 0.219 e. The first kappa shape index (κ1) is 16.1. The van der Waals surface area contributed by atoms with E-state index in [1.807, 2.05) is 24.3 Å². The number of sulfonamides is 1. The van der Waals surface area contributed by atoms with Crippen LogP contribution in [0.1, 0.15) is 6.92 Å². The fourth-order valence-electron chi connectivity index (χ4n) is 2.42. The molecular formula is C14H22N2O4S. The molecule has 1 aromatic carbocycles. The summed E-state index contributed by atoms with van der Waals surface area (Å²) in [6.07, 6.45) is 0. The molecule has 1 fully saturated rings. The number of aliphatic hydroxyl groups is 1. The highest BCUT2D eigenvalue weighted by Crippen LogP contribution is 2.28. The lowest BCUT2D eigenvalue weighted by Crippen LogP contribution is -2.51. The van der Waals surface area contributed by atoms with Crippen LogP contribution in [0.5, 0.6) is 5.75 Å². The summed E-state index contributed by atoms with van der Waals surface area (Å²) in [5, 5.41) is 8.31. The molecule has 1 aromatic rings. The second kappa shape index (κ2) is 6.64. The fourth-order valence-corrected chi connectivity index (χ4v) is 3.79.